The van der Waals surface area contributed by atoms with Crippen LogP contribution in [0.1, 0.15) is 72.1 Å². The zero-order chi connectivity index (χ0) is 24.2. The third kappa shape index (κ3) is 4.12. The number of urea groups is 1. The maximum absolute atomic E-state index is 13.4. The molecule has 1 N–H and O–H groups in total. The number of nitrogens with zero attached hydrogens (tertiary/aromatic N) is 1. The summed E-state index contributed by atoms with van der Waals surface area (Å²) in [5.41, 5.74) is 0.863. The lowest BCUT2D eigenvalue weighted by molar-refractivity contribution is -0.161. The molecule has 3 saturated carbocycles. The second kappa shape index (κ2) is 8.42. The first-order chi connectivity index (χ1) is 15.4. The Bertz CT molecular complexity index is 869. The Morgan fingerprint density at radius 1 is 1.09 bits per heavy atom. The van der Waals surface area contributed by atoms with Crippen molar-refractivity contribution in [3.8, 4) is 0 Å². The second-order valence-corrected chi connectivity index (χ2v) is 11.0. The first-order valence-corrected chi connectivity index (χ1v) is 12.3. The highest BCUT2D eigenvalue weighted by atomic mass is 19.4. The summed E-state index contributed by atoms with van der Waals surface area (Å²) in [5.74, 6) is 0.0368. The SMILES string of the molecule is CCNC(=O)N(CC(F)(F)F)C(=O)[C@H]1CC[C@H]2[C@@H]3CCC4=CC(=O)CC[C@]4(C)[C@H]3CC[C@]12C. The van der Waals surface area contributed by atoms with Crippen LogP contribution in [0.4, 0.5) is 18.0 Å². The normalized spacial score (nSPS) is 38.0. The molecule has 0 unspecified atom stereocenters. The number of halogens is 3. The molecule has 0 bridgehead atoms. The van der Waals surface area contributed by atoms with Gasteiger partial charge in [-0.3, -0.25) is 14.5 Å². The molecule has 0 spiro atoms. The molecule has 184 valence electrons. The van der Waals surface area contributed by atoms with E-state index in [1.54, 1.807) is 6.92 Å². The number of hydrogen-bond acceptors (Lipinski definition) is 3. The van der Waals surface area contributed by atoms with Crippen LogP contribution in [0.3, 0.4) is 0 Å². The van der Waals surface area contributed by atoms with Crippen LogP contribution >= 0.6 is 0 Å². The van der Waals surface area contributed by atoms with Crippen LogP contribution < -0.4 is 5.32 Å². The highest BCUT2D eigenvalue weighted by Gasteiger charge is 2.61. The molecule has 0 aromatic carbocycles. The van der Waals surface area contributed by atoms with Gasteiger partial charge in [-0.25, -0.2) is 4.79 Å². The Labute approximate surface area is 193 Å². The van der Waals surface area contributed by atoms with Gasteiger partial charge < -0.3 is 5.32 Å². The van der Waals surface area contributed by atoms with Crippen molar-refractivity contribution in [2.24, 2.45) is 34.5 Å². The average molecular weight is 469 g/mol. The fraction of sp³-hybridized carbons (Fsp3) is 0.800. The van der Waals surface area contributed by atoms with Crippen LogP contribution in [0, 0.1) is 34.5 Å². The van der Waals surface area contributed by atoms with Gasteiger partial charge in [-0.15, -0.1) is 0 Å². The Morgan fingerprint density at radius 3 is 2.48 bits per heavy atom. The molecule has 4 rings (SSSR count). The quantitative estimate of drug-likeness (QED) is 0.615. The number of ketones is 1. The molecule has 0 aromatic rings. The fourth-order valence-corrected chi connectivity index (χ4v) is 7.83. The summed E-state index contributed by atoms with van der Waals surface area (Å²) in [6.45, 7) is 4.56. The molecule has 0 saturated heterocycles. The Morgan fingerprint density at radius 2 is 1.82 bits per heavy atom. The van der Waals surface area contributed by atoms with Gasteiger partial charge in [0, 0.05) is 18.9 Å². The zero-order valence-electron chi connectivity index (χ0n) is 19.8. The number of nitrogens with one attached hydrogen (secondary N) is 1. The Balaban J connectivity index is 1.58. The third-order valence-corrected chi connectivity index (χ3v) is 9.44. The molecular weight excluding hydrogens is 433 g/mol. The van der Waals surface area contributed by atoms with Crippen molar-refractivity contribution >= 4 is 17.7 Å². The number of amides is 3. The largest absolute Gasteiger partial charge is 0.406 e. The summed E-state index contributed by atoms with van der Waals surface area (Å²) in [7, 11) is 0. The number of carbonyl (C=O) groups excluding carboxylic acids is 3. The first kappa shape index (κ1) is 24.3. The maximum Gasteiger partial charge on any atom is 0.406 e. The van der Waals surface area contributed by atoms with Crippen LogP contribution in [0.25, 0.3) is 0 Å². The number of carbonyl (C=O) groups is 3. The van der Waals surface area contributed by atoms with Crippen LogP contribution in [0.15, 0.2) is 11.6 Å². The van der Waals surface area contributed by atoms with E-state index in [0.29, 0.717) is 29.6 Å². The molecule has 5 nitrogen and oxygen atoms in total. The molecule has 33 heavy (non-hydrogen) atoms. The second-order valence-electron chi connectivity index (χ2n) is 11.0. The van der Waals surface area contributed by atoms with Crippen molar-refractivity contribution in [3.63, 3.8) is 0 Å². The van der Waals surface area contributed by atoms with E-state index in [9.17, 15) is 27.6 Å². The van der Waals surface area contributed by atoms with E-state index in [2.05, 4.69) is 19.2 Å². The molecule has 4 aliphatic rings. The van der Waals surface area contributed by atoms with E-state index in [0.717, 1.165) is 38.5 Å². The lowest BCUT2D eigenvalue weighted by Crippen LogP contribution is -2.55. The lowest BCUT2D eigenvalue weighted by Gasteiger charge is -2.58. The van der Waals surface area contributed by atoms with Crippen molar-refractivity contribution in [3.05, 3.63) is 11.6 Å². The minimum absolute atomic E-state index is 0.00356. The molecule has 3 fully saturated rings. The lowest BCUT2D eigenvalue weighted by atomic mass is 9.47. The highest BCUT2D eigenvalue weighted by molar-refractivity contribution is 5.96. The van der Waals surface area contributed by atoms with E-state index in [4.69, 9.17) is 0 Å². The predicted octanol–water partition coefficient (Wildman–Crippen LogP) is 5.25. The number of imide groups is 1. The first-order valence-electron chi connectivity index (χ1n) is 12.3. The smallest absolute Gasteiger partial charge is 0.338 e. The summed E-state index contributed by atoms with van der Waals surface area (Å²) >= 11 is 0. The van der Waals surface area contributed by atoms with Gasteiger partial charge in [-0.05, 0) is 86.5 Å². The van der Waals surface area contributed by atoms with Gasteiger partial charge in [0.05, 0.1) is 0 Å². The number of fused-ring (bicyclic) bond motifs is 5. The van der Waals surface area contributed by atoms with E-state index in [-0.39, 0.29) is 23.7 Å². The summed E-state index contributed by atoms with van der Waals surface area (Å²) < 4.78 is 39.7. The van der Waals surface area contributed by atoms with Gasteiger partial charge in [0.1, 0.15) is 6.54 Å². The molecule has 4 aliphatic carbocycles. The molecule has 0 aliphatic heterocycles. The van der Waals surface area contributed by atoms with Crippen LogP contribution in [0.2, 0.25) is 0 Å². The molecule has 0 heterocycles. The standard InChI is InChI=1S/C25H35F3N2O3/c1-4-29-22(33)30(14-25(26,27)28)21(32)20-8-7-18-17-6-5-15-13-16(31)9-11-23(15,2)19(17)10-12-24(18,20)3/h13,17-20H,4-12,14H2,1-3H3,(H,29,33)/t17-,18-,19-,20+,23-,24-/m0/s1. The van der Waals surface area contributed by atoms with E-state index < -0.39 is 36.0 Å². The van der Waals surface area contributed by atoms with Crippen molar-refractivity contribution in [2.75, 3.05) is 13.1 Å². The fourth-order valence-electron chi connectivity index (χ4n) is 7.83. The van der Waals surface area contributed by atoms with Crippen LogP contribution in [0.5, 0.6) is 0 Å². The molecule has 6 atom stereocenters. The monoisotopic (exact) mass is 468 g/mol. The molecule has 0 aromatic heterocycles. The number of alkyl halides is 3. The topological polar surface area (TPSA) is 66.5 Å². The van der Waals surface area contributed by atoms with Crippen molar-refractivity contribution < 1.29 is 27.6 Å². The average Bonchev–Trinajstić information content (AvgIpc) is 3.09. The highest BCUT2D eigenvalue weighted by Crippen LogP contribution is 2.66. The molecule has 3 amide bonds. The van der Waals surface area contributed by atoms with Crippen LogP contribution in [-0.4, -0.2) is 41.9 Å². The number of allylic oxidation sites excluding steroid dienone is 1. The van der Waals surface area contributed by atoms with E-state index >= 15 is 0 Å². The van der Waals surface area contributed by atoms with Gasteiger partial charge in [-0.2, -0.15) is 13.2 Å². The Hall–Kier alpha value is -1.86. The predicted molar refractivity (Wildman–Crippen MR) is 117 cm³/mol. The van der Waals surface area contributed by atoms with E-state index in [1.807, 2.05) is 6.08 Å². The van der Waals surface area contributed by atoms with Crippen molar-refractivity contribution in [1.29, 1.82) is 0 Å². The summed E-state index contributed by atoms with van der Waals surface area (Å²) in [5, 5.41) is 2.37. The summed E-state index contributed by atoms with van der Waals surface area (Å²) in [4.78, 5) is 38.2. The maximum atomic E-state index is 13.4. The number of rotatable bonds is 3. The summed E-state index contributed by atoms with van der Waals surface area (Å²) in [6.07, 6.45) is 3.49. The van der Waals surface area contributed by atoms with Crippen molar-refractivity contribution in [2.45, 2.75) is 78.3 Å². The van der Waals surface area contributed by atoms with Gasteiger partial charge in [-0.1, -0.05) is 19.4 Å². The third-order valence-electron chi connectivity index (χ3n) is 9.44. The zero-order valence-corrected chi connectivity index (χ0v) is 19.8. The molecule has 0 radical (unpaired) electrons. The molecular formula is C25H35F3N2O3. The number of hydrogen-bond donors (Lipinski definition) is 1. The Kier molecular flexibility index (Phi) is 6.19. The molecule has 8 heteroatoms. The minimum atomic E-state index is -4.64. The van der Waals surface area contributed by atoms with Crippen LogP contribution in [-0.2, 0) is 9.59 Å². The van der Waals surface area contributed by atoms with E-state index in [1.165, 1.54) is 5.57 Å². The van der Waals surface area contributed by atoms with Gasteiger partial charge in [0.2, 0.25) is 5.91 Å². The van der Waals surface area contributed by atoms with Crippen molar-refractivity contribution in [1.82, 2.24) is 10.2 Å². The van der Waals surface area contributed by atoms with Gasteiger partial charge in [0.15, 0.2) is 5.78 Å². The minimum Gasteiger partial charge on any atom is -0.338 e. The summed E-state index contributed by atoms with van der Waals surface area (Å²) in [6, 6.07) is -0.965. The van der Waals surface area contributed by atoms with Gasteiger partial charge >= 0.3 is 12.2 Å². The van der Waals surface area contributed by atoms with Gasteiger partial charge in [0.25, 0.3) is 0 Å².